The number of carbonyl (C=O) groups is 1. The van der Waals surface area contributed by atoms with Crippen molar-refractivity contribution in [2.75, 3.05) is 12.3 Å². The van der Waals surface area contributed by atoms with E-state index >= 15 is 0 Å². The first kappa shape index (κ1) is 11.1. The van der Waals surface area contributed by atoms with Crippen LogP contribution in [0.1, 0.15) is 6.92 Å². The number of oxazole rings is 1. The molecule has 1 rings (SSSR count). The van der Waals surface area contributed by atoms with Crippen LogP contribution in [0.2, 0.25) is 0 Å². The van der Waals surface area contributed by atoms with Crippen LogP contribution in [0.3, 0.4) is 0 Å². The van der Waals surface area contributed by atoms with Crippen molar-refractivity contribution in [1.29, 1.82) is 0 Å². The molecule has 1 unspecified atom stereocenters. The second kappa shape index (κ2) is 5.66. The summed E-state index contributed by atoms with van der Waals surface area (Å²) in [5.41, 5.74) is 0. The molecule has 1 atom stereocenters. The fraction of sp³-hybridized carbons (Fsp3) is 0.500. The zero-order valence-corrected chi connectivity index (χ0v) is 8.58. The number of rotatable bonds is 6. The summed E-state index contributed by atoms with van der Waals surface area (Å²) in [7, 11) is 0. The number of carboxylic acids is 1. The Labute approximate surface area is 85.9 Å². The molecule has 0 saturated heterocycles. The zero-order chi connectivity index (χ0) is 10.4. The molecular formula is C8H12N2O3S. The van der Waals surface area contributed by atoms with Crippen molar-refractivity contribution >= 4 is 17.7 Å². The highest BCUT2D eigenvalue weighted by Crippen LogP contribution is 2.15. The summed E-state index contributed by atoms with van der Waals surface area (Å²) in [6.45, 7) is 2.49. The van der Waals surface area contributed by atoms with Crippen molar-refractivity contribution in [1.82, 2.24) is 10.3 Å². The first-order valence-electron chi connectivity index (χ1n) is 4.22. The van der Waals surface area contributed by atoms with Crippen molar-refractivity contribution in [3.05, 3.63) is 12.5 Å². The minimum Gasteiger partial charge on any atom is -0.480 e. The number of nitrogens with zero attached hydrogens (tertiary/aromatic N) is 1. The Balaban J connectivity index is 2.37. The summed E-state index contributed by atoms with van der Waals surface area (Å²) >= 11 is 1.28. The predicted molar refractivity (Wildman–Crippen MR) is 52.3 cm³/mol. The standard InChI is InChI=1S/C8H12N2O3S/c1-2-9-6(7(11)12)5-14-8-10-3-4-13-8/h3-4,6,9H,2,5H2,1H3,(H,11,12). The molecule has 1 heterocycles. The van der Waals surface area contributed by atoms with Crippen LogP contribution < -0.4 is 5.32 Å². The van der Waals surface area contributed by atoms with Gasteiger partial charge < -0.3 is 14.8 Å². The summed E-state index contributed by atoms with van der Waals surface area (Å²) in [6.07, 6.45) is 3.00. The van der Waals surface area contributed by atoms with Crippen molar-refractivity contribution in [2.24, 2.45) is 0 Å². The monoisotopic (exact) mass is 216 g/mol. The Kier molecular flexibility index (Phi) is 4.48. The van der Waals surface area contributed by atoms with Gasteiger partial charge in [0.05, 0.1) is 6.20 Å². The van der Waals surface area contributed by atoms with Crippen LogP contribution in [0.5, 0.6) is 0 Å². The van der Waals surface area contributed by atoms with Crippen LogP contribution in [0, 0.1) is 0 Å². The molecule has 0 aliphatic heterocycles. The van der Waals surface area contributed by atoms with Crippen LogP contribution in [0.4, 0.5) is 0 Å². The third kappa shape index (κ3) is 3.39. The van der Waals surface area contributed by atoms with Crippen LogP contribution in [0.25, 0.3) is 0 Å². The van der Waals surface area contributed by atoms with Crippen molar-refractivity contribution in [3.63, 3.8) is 0 Å². The maximum Gasteiger partial charge on any atom is 0.321 e. The normalized spacial score (nSPS) is 12.6. The molecule has 0 radical (unpaired) electrons. The van der Waals surface area contributed by atoms with Gasteiger partial charge in [0.15, 0.2) is 0 Å². The lowest BCUT2D eigenvalue weighted by atomic mass is 10.3. The summed E-state index contributed by atoms with van der Waals surface area (Å²) in [5.74, 6) is -0.449. The Morgan fingerprint density at radius 1 is 1.86 bits per heavy atom. The largest absolute Gasteiger partial charge is 0.480 e. The van der Waals surface area contributed by atoms with E-state index in [1.807, 2.05) is 6.92 Å². The SMILES string of the molecule is CCNC(CSc1ncco1)C(=O)O. The number of likely N-dealkylation sites (N-methyl/N-ethyl adjacent to an activating group) is 1. The number of thioether (sulfide) groups is 1. The average Bonchev–Trinajstić information content (AvgIpc) is 2.64. The van der Waals surface area contributed by atoms with E-state index < -0.39 is 12.0 Å². The minimum absolute atomic E-state index is 0.406. The Morgan fingerprint density at radius 2 is 2.64 bits per heavy atom. The van der Waals surface area contributed by atoms with Gasteiger partial charge in [0.25, 0.3) is 5.22 Å². The molecule has 0 aromatic carbocycles. The topological polar surface area (TPSA) is 75.4 Å². The van der Waals surface area contributed by atoms with Gasteiger partial charge in [-0.2, -0.15) is 0 Å². The van der Waals surface area contributed by atoms with E-state index in [4.69, 9.17) is 9.52 Å². The van der Waals surface area contributed by atoms with Crippen molar-refractivity contribution in [3.8, 4) is 0 Å². The van der Waals surface area contributed by atoms with Crippen LogP contribution in [0.15, 0.2) is 22.1 Å². The quantitative estimate of drug-likeness (QED) is 0.686. The van der Waals surface area contributed by atoms with E-state index in [9.17, 15) is 4.79 Å². The van der Waals surface area contributed by atoms with E-state index in [0.717, 1.165) is 0 Å². The summed E-state index contributed by atoms with van der Waals surface area (Å²) in [4.78, 5) is 14.6. The smallest absolute Gasteiger partial charge is 0.321 e. The van der Waals surface area contributed by atoms with Gasteiger partial charge in [-0.25, -0.2) is 4.98 Å². The molecule has 0 bridgehead atoms. The molecular weight excluding hydrogens is 204 g/mol. The molecule has 5 nitrogen and oxygen atoms in total. The summed E-state index contributed by atoms with van der Waals surface area (Å²) in [5, 5.41) is 12.2. The number of hydrogen-bond donors (Lipinski definition) is 2. The van der Waals surface area contributed by atoms with E-state index in [0.29, 0.717) is 17.5 Å². The number of hydrogen-bond acceptors (Lipinski definition) is 5. The second-order valence-electron chi connectivity index (χ2n) is 2.56. The predicted octanol–water partition coefficient (Wildman–Crippen LogP) is 0.829. The molecule has 0 aliphatic carbocycles. The first-order chi connectivity index (χ1) is 6.74. The van der Waals surface area contributed by atoms with Gasteiger partial charge in [0.2, 0.25) is 0 Å². The molecule has 6 heteroatoms. The van der Waals surface area contributed by atoms with Crippen LogP contribution in [-0.4, -0.2) is 34.4 Å². The van der Waals surface area contributed by atoms with E-state index in [1.165, 1.54) is 24.2 Å². The van der Waals surface area contributed by atoms with E-state index in [1.54, 1.807) is 0 Å². The Hall–Kier alpha value is -1.01. The van der Waals surface area contributed by atoms with E-state index in [2.05, 4.69) is 10.3 Å². The van der Waals surface area contributed by atoms with E-state index in [-0.39, 0.29) is 0 Å². The van der Waals surface area contributed by atoms with Crippen molar-refractivity contribution < 1.29 is 14.3 Å². The number of nitrogens with one attached hydrogen (secondary N) is 1. The molecule has 0 aliphatic rings. The number of aliphatic carboxylic acids is 1. The highest BCUT2D eigenvalue weighted by Gasteiger charge is 2.16. The summed E-state index contributed by atoms with van der Waals surface area (Å²) < 4.78 is 4.97. The second-order valence-corrected chi connectivity index (χ2v) is 3.53. The van der Waals surface area contributed by atoms with Gasteiger partial charge in [-0.3, -0.25) is 4.79 Å². The van der Waals surface area contributed by atoms with Crippen molar-refractivity contribution in [2.45, 2.75) is 18.2 Å². The lowest BCUT2D eigenvalue weighted by molar-refractivity contribution is -0.138. The highest BCUT2D eigenvalue weighted by molar-refractivity contribution is 7.99. The molecule has 0 saturated carbocycles. The molecule has 1 aromatic rings. The molecule has 1 aromatic heterocycles. The molecule has 0 fully saturated rings. The third-order valence-corrected chi connectivity index (χ3v) is 2.48. The number of carboxylic acid groups (broad SMARTS) is 1. The molecule has 0 amide bonds. The van der Waals surface area contributed by atoms with Crippen LogP contribution >= 0.6 is 11.8 Å². The maximum atomic E-state index is 10.7. The summed E-state index contributed by atoms with van der Waals surface area (Å²) in [6, 6.07) is -0.558. The fourth-order valence-corrected chi connectivity index (χ4v) is 1.73. The van der Waals surface area contributed by atoms with Gasteiger partial charge in [-0.15, -0.1) is 0 Å². The lowest BCUT2D eigenvalue weighted by Gasteiger charge is -2.10. The third-order valence-electron chi connectivity index (χ3n) is 1.53. The molecule has 2 N–H and O–H groups in total. The number of aromatic nitrogens is 1. The Morgan fingerprint density at radius 3 is 3.14 bits per heavy atom. The van der Waals surface area contributed by atoms with Gasteiger partial charge in [0, 0.05) is 5.75 Å². The molecule has 0 spiro atoms. The van der Waals surface area contributed by atoms with Gasteiger partial charge in [0.1, 0.15) is 12.3 Å². The highest BCUT2D eigenvalue weighted by atomic mass is 32.2. The molecule has 14 heavy (non-hydrogen) atoms. The molecule has 78 valence electrons. The van der Waals surface area contributed by atoms with Gasteiger partial charge in [-0.1, -0.05) is 18.7 Å². The fourth-order valence-electron chi connectivity index (χ4n) is 0.900. The maximum absolute atomic E-state index is 10.7. The minimum atomic E-state index is -0.856. The van der Waals surface area contributed by atoms with Crippen LogP contribution in [-0.2, 0) is 4.79 Å². The first-order valence-corrected chi connectivity index (χ1v) is 5.21. The van der Waals surface area contributed by atoms with Gasteiger partial charge in [-0.05, 0) is 6.54 Å². The van der Waals surface area contributed by atoms with Gasteiger partial charge >= 0.3 is 5.97 Å². The average molecular weight is 216 g/mol. The zero-order valence-electron chi connectivity index (χ0n) is 7.77. The Bertz CT molecular complexity index is 276. The lowest BCUT2D eigenvalue weighted by Crippen LogP contribution is -2.38.